The molecule has 0 saturated heterocycles. The second-order valence-electron chi connectivity index (χ2n) is 6.64. The topological polar surface area (TPSA) is 75.0 Å². The van der Waals surface area contributed by atoms with Crippen molar-refractivity contribution in [2.45, 2.75) is 19.5 Å². The number of fused-ring (bicyclic) bond motifs is 1. The van der Waals surface area contributed by atoms with Crippen LogP contribution in [0.2, 0.25) is 0 Å². The summed E-state index contributed by atoms with van der Waals surface area (Å²) in [6.07, 6.45) is 0.568. The van der Waals surface area contributed by atoms with Gasteiger partial charge in [0.1, 0.15) is 5.82 Å². The summed E-state index contributed by atoms with van der Waals surface area (Å²) in [5.41, 5.74) is 8.49. The minimum atomic E-state index is -0.863. The predicted octanol–water partition coefficient (Wildman–Crippen LogP) is 2.86. The third kappa shape index (κ3) is 3.46. The number of benzene rings is 2. The van der Waals surface area contributed by atoms with Crippen LogP contribution >= 0.6 is 0 Å². The maximum Gasteiger partial charge on any atom is 0.255 e. The SMILES string of the molecule is Nc1ccc(-c2nc3c(c(=O)[nH]2)CN(Cc2cccc(F)c2F)CC3)cc1. The van der Waals surface area contributed by atoms with Gasteiger partial charge >= 0.3 is 0 Å². The van der Waals surface area contributed by atoms with E-state index in [-0.39, 0.29) is 17.7 Å². The Balaban J connectivity index is 1.59. The van der Waals surface area contributed by atoms with Crippen molar-refractivity contribution in [3.8, 4) is 11.4 Å². The van der Waals surface area contributed by atoms with Gasteiger partial charge in [-0.05, 0) is 30.3 Å². The molecule has 0 fully saturated rings. The van der Waals surface area contributed by atoms with Crippen molar-refractivity contribution in [3.05, 3.63) is 81.3 Å². The largest absolute Gasteiger partial charge is 0.399 e. The van der Waals surface area contributed by atoms with E-state index in [1.807, 2.05) is 17.0 Å². The number of nitrogens with one attached hydrogen (secondary N) is 1. The number of halogens is 2. The summed E-state index contributed by atoms with van der Waals surface area (Å²) in [6, 6.07) is 11.3. The fourth-order valence-corrected chi connectivity index (χ4v) is 3.31. The molecular weight excluding hydrogens is 350 g/mol. The molecule has 2 heterocycles. The third-order valence-electron chi connectivity index (χ3n) is 4.76. The molecule has 1 aromatic heterocycles. The molecule has 0 saturated carbocycles. The van der Waals surface area contributed by atoms with Gasteiger partial charge < -0.3 is 10.7 Å². The van der Waals surface area contributed by atoms with Gasteiger partial charge in [0.15, 0.2) is 11.6 Å². The molecule has 1 aliphatic heterocycles. The lowest BCUT2D eigenvalue weighted by atomic mass is 10.0. The van der Waals surface area contributed by atoms with Crippen LogP contribution in [0.4, 0.5) is 14.5 Å². The molecule has 0 radical (unpaired) electrons. The summed E-state index contributed by atoms with van der Waals surface area (Å²) in [6.45, 7) is 1.19. The van der Waals surface area contributed by atoms with E-state index in [4.69, 9.17) is 5.73 Å². The van der Waals surface area contributed by atoms with Crippen LogP contribution in [-0.4, -0.2) is 21.4 Å². The molecule has 3 N–H and O–H groups in total. The fraction of sp³-hybridized carbons (Fsp3) is 0.200. The van der Waals surface area contributed by atoms with Crippen molar-refractivity contribution in [2.75, 3.05) is 12.3 Å². The number of aromatic amines is 1. The Morgan fingerprint density at radius 2 is 1.93 bits per heavy atom. The lowest BCUT2D eigenvalue weighted by molar-refractivity contribution is 0.237. The Morgan fingerprint density at radius 1 is 1.15 bits per heavy atom. The first-order valence-electron chi connectivity index (χ1n) is 8.64. The van der Waals surface area contributed by atoms with E-state index in [9.17, 15) is 13.6 Å². The highest BCUT2D eigenvalue weighted by molar-refractivity contribution is 5.58. The number of hydrogen-bond acceptors (Lipinski definition) is 4. The number of rotatable bonds is 3. The van der Waals surface area contributed by atoms with Crippen LogP contribution in [0.15, 0.2) is 47.3 Å². The van der Waals surface area contributed by atoms with Gasteiger partial charge in [-0.2, -0.15) is 0 Å². The maximum absolute atomic E-state index is 13.9. The lowest BCUT2D eigenvalue weighted by Gasteiger charge is -2.27. The second-order valence-corrected chi connectivity index (χ2v) is 6.64. The minimum Gasteiger partial charge on any atom is -0.399 e. The molecule has 138 valence electrons. The van der Waals surface area contributed by atoms with E-state index >= 15 is 0 Å². The molecule has 1 aliphatic rings. The van der Waals surface area contributed by atoms with Crippen molar-refractivity contribution in [3.63, 3.8) is 0 Å². The first-order valence-corrected chi connectivity index (χ1v) is 8.64. The zero-order chi connectivity index (χ0) is 19.0. The van der Waals surface area contributed by atoms with E-state index in [2.05, 4.69) is 9.97 Å². The van der Waals surface area contributed by atoms with E-state index in [1.54, 1.807) is 18.2 Å². The van der Waals surface area contributed by atoms with Gasteiger partial charge in [0.05, 0.1) is 11.3 Å². The Hall–Kier alpha value is -3.06. The van der Waals surface area contributed by atoms with Crippen molar-refractivity contribution in [2.24, 2.45) is 0 Å². The van der Waals surface area contributed by atoms with Gasteiger partial charge in [0.2, 0.25) is 0 Å². The van der Waals surface area contributed by atoms with Gasteiger partial charge in [-0.3, -0.25) is 9.69 Å². The molecule has 0 spiro atoms. The van der Waals surface area contributed by atoms with Crippen LogP contribution in [0.1, 0.15) is 16.8 Å². The van der Waals surface area contributed by atoms with Gasteiger partial charge in [-0.25, -0.2) is 13.8 Å². The normalized spacial score (nSPS) is 14.1. The summed E-state index contributed by atoms with van der Waals surface area (Å²) in [5, 5.41) is 0. The first-order chi connectivity index (χ1) is 13.0. The van der Waals surface area contributed by atoms with Crippen LogP contribution in [0, 0.1) is 11.6 Å². The van der Waals surface area contributed by atoms with Crippen LogP contribution in [0.3, 0.4) is 0 Å². The maximum atomic E-state index is 13.9. The molecular formula is C20H18F2N4O. The summed E-state index contributed by atoms with van der Waals surface area (Å²) in [5.74, 6) is -1.20. The quantitative estimate of drug-likeness (QED) is 0.697. The van der Waals surface area contributed by atoms with Crippen molar-refractivity contribution >= 4 is 5.69 Å². The minimum absolute atomic E-state index is 0.212. The van der Waals surface area contributed by atoms with E-state index in [0.29, 0.717) is 36.6 Å². The van der Waals surface area contributed by atoms with E-state index < -0.39 is 11.6 Å². The third-order valence-corrected chi connectivity index (χ3v) is 4.76. The summed E-state index contributed by atoms with van der Waals surface area (Å²) in [7, 11) is 0. The van der Waals surface area contributed by atoms with Gasteiger partial charge in [-0.15, -0.1) is 0 Å². The Kier molecular flexibility index (Phi) is 4.45. The number of H-pyrrole nitrogens is 1. The molecule has 27 heavy (non-hydrogen) atoms. The zero-order valence-electron chi connectivity index (χ0n) is 14.5. The molecule has 0 amide bonds. The van der Waals surface area contributed by atoms with E-state index in [1.165, 1.54) is 6.07 Å². The van der Waals surface area contributed by atoms with Crippen LogP contribution in [-0.2, 0) is 19.5 Å². The number of nitrogens with zero attached hydrogens (tertiary/aromatic N) is 2. The fourth-order valence-electron chi connectivity index (χ4n) is 3.31. The smallest absolute Gasteiger partial charge is 0.255 e. The summed E-state index contributed by atoms with van der Waals surface area (Å²) >= 11 is 0. The molecule has 0 aliphatic carbocycles. The monoisotopic (exact) mass is 368 g/mol. The lowest BCUT2D eigenvalue weighted by Crippen LogP contribution is -2.35. The predicted molar refractivity (Wildman–Crippen MR) is 98.9 cm³/mol. The number of aromatic nitrogens is 2. The number of hydrogen-bond donors (Lipinski definition) is 2. The van der Waals surface area contributed by atoms with Crippen LogP contribution in [0.25, 0.3) is 11.4 Å². The van der Waals surface area contributed by atoms with Crippen molar-refractivity contribution < 1.29 is 8.78 Å². The Labute approximate surface area is 154 Å². The molecule has 0 bridgehead atoms. The Bertz CT molecular complexity index is 1050. The first kappa shape index (κ1) is 17.4. The number of nitrogen functional groups attached to an aromatic ring is 1. The molecule has 0 atom stereocenters. The van der Waals surface area contributed by atoms with E-state index in [0.717, 1.165) is 17.3 Å². The average Bonchev–Trinajstić information content (AvgIpc) is 2.66. The molecule has 3 aromatic rings. The highest BCUT2D eigenvalue weighted by Crippen LogP contribution is 2.22. The highest BCUT2D eigenvalue weighted by atomic mass is 19.2. The van der Waals surface area contributed by atoms with Crippen molar-refractivity contribution in [1.82, 2.24) is 14.9 Å². The molecule has 0 unspecified atom stereocenters. The molecule has 7 heteroatoms. The summed E-state index contributed by atoms with van der Waals surface area (Å²) in [4.78, 5) is 21.9. The van der Waals surface area contributed by atoms with Crippen LogP contribution < -0.4 is 11.3 Å². The number of nitrogens with two attached hydrogens (primary N) is 1. The molecule has 2 aromatic carbocycles. The van der Waals surface area contributed by atoms with Gasteiger partial charge in [0.25, 0.3) is 5.56 Å². The summed E-state index contributed by atoms with van der Waals surface area (Å²) < 4.78 is 27.3. The number of anilines is 1. The second kappa shape index (κ2) is 6.92. The van der Waals surface area contributed by atoms with Gasteiger partial charge in [-0.1, -0.05) is 12.1 Å². The molecule has 4 rings (SSSR count). The standard InChI is InChI=1S/C20H18F2N4O/c21-16-3-1-2-13(18(16)22)10-26-9-8-17-15(11-26)20(27)25-19(24-17)12-4-6-14(23)7-5-12/h1-7H,8-11,23H2,(H,24,25,27). The average molecular weight is 368 g/mol. The highest BCUT2D eigenvalue weighted by Gasteiger charge is 2.22. The van der Waals surface area contributed by atoms with Crippen molar-refractivity contribution in [1.29, 1.82) is 0 Å². The van der Waals surface area contributed by atoms with Crippen LogP contribution in [0.5, 0.6) is 0 Å². The Morgan fingerprint density at radius 3 is 2.70 bits per heavy atom. The zero-order valence-corrected chi connectivity index (χ0v) is 14.5. The van der Waals surface area contributed by atoms with Gasteiger partial charge in [0, 0.05) is 42.9 Å². The molecule has 5 nitrogen and oxygen atoms in total.